The van der Waals surface area contributed by atoms with Gasteiger partial charge in [0, 0.05) is 0 Å². The standard InChI is InChI=1S/C20H33N/c1-5-17-7-6-8-18(12-17)20-11-16(4)9-10-19(20)14-21-13-15(2)3/h6-8,12,15-16,19-21H,5,9-11,13-14H2,1-4H3. The first kappa shape index (κ1) is 16.5. The average molecular weight is 287 g/mol. The van der Waals surface area contributed by atoms with Crippen LogP contribution < -0.4 is 5.32 Å². The molecule has 0 amide bonds. The third kappa shape index (κ3) is 4.85. The zero-order chi connectivity index (χ0) is 15.2. The van der Waals surface area contributed by atoms with Gasteiger partial charge in [-0.05, 0) is 67.2 Å². The summed E-state index contributed by atoms with van der Waals surface area (Å²) in [5, 5.41) is 3.70. The Morgan fingerprint density at radius 3 is 2.76 bits per heavy atom. The predicted octanol–water partition coefficient (Wildman–Crippen LogP) is 5.01. The third-order valence-electron chi connectivity index (χ3n) is 5.00. The minimum Gasteiger partial charge on any atom is -0.316 e. The van der Waals surface area contributed by atoms with Gasteiger partial charge in [-0.25, -0.2) is 0 Å². The van der Waals surface area contributed by atoms with Crippen LogP contribution in [0, 0.1) is 17.8 Å². The number of rotatable bonds is 6. The Kier molecular flexibility index (Phi) is 6.29. The molecule has 0 saturated heterocycles. The molecule has 0 bridgehead atoms. The van der Waals surface area contributed by atoms with Gasteiger partial charge in [0.05, 0.1) is 0 Å². The molecule has 1 saturated carbocycles. The molecule has 3 atom stereocenters. The maximum absolute atomic E-state index is 3.70. The zero-order valence-corrected chi connectivity index (χ0v) is 14.4. The maximum Gasteiger partial charge on any atom is -0.00146 e. The van der Waals surface area contributed by atoms with Crippen LogP contribution in [-0.2, 0) is 6.42 Å². The van der Waals surface area contributed by atoms with Crippen molar-refractivity contribution >= 4 is 0 Å². The number of aryl methyl sites for hydroxylation is 1. The smallest absolute Gasteiger partial charge is 0.00146 e. The van der Waals surface area contributed by atoms with Crippen molar-refractivity contribution < 1.29 is 0 Å². The third-order valence-corrected chi connectivity index (χ3v) is 5.00. The van der Waals surface area contributed by atoms with Gasteiger partial charge in [-0.3, -0.25) is 0 Å². The normalized spacial score (nSPS) is 26.2. The summed E-state index contributed by atoms with van der Waals surface area (Å²) in [6.07, 6.45) is 5.29. The maximum atomic E-state index is 3.70. The number of benzene rings is 1. The second-order valence-corrected chi connectivity index (χ2v) is 7.44. The van der Waals surface area contributed by atoms with Crippen LogP contribution in [0.1, 0.15) is 64.0 Å². The molecule has 0 spiro atoms. The van der Waals surface area contributed by atoms with Crippen molar-refractivity contribution in [3.63, 3.8) is 0 Å². The summed E-state index contributed by atoms with van der Waals surface area (Å²) in [6, 6.07) is 9.34. The quantitative estimate of drug-likeness (QED) is 0.775. The van der Waals surface area contributed by atoms with E-state index in [1.54, 1.807) is 5.56 Å². The molecular formula is C20H33N. The second-order valence-electron chi connectivity index (χ2n) is 7.44. The molecule has 2 rings (SSSR count). The van der Waals surface area contributed by atoms with Crippen LogP contribution in [0.2, 0.25) is 0 Å². The molecular weight excluding hydrogens is 254 g/mol. The molecule has 1 aliphatic carbocycles. The van der Waals surface area contributed by atoms with Crippen LogP contribution >= 0.6 is 0 Å². The molecule has 0 heterocycles. The van der Waals surface area contributed by atoms with Crippen molar-refractivity contribution in [3.05, 3.63) is 35.4 Å². The van der Waals surface area contributed by atoms with E-state index in [0.717, 1.165) is 36.6 Å². The Labute approximate surface area is 131 Å². The van der Waals surface area contributed by atoms with Gasteiger partial charge in [0.25, 0.3) is 0 Å². The van der Waals surface area contributed by atoms with E-state index in [0.29, 0.717) is 0 Å². The fourth-order valence-corrected chi connectivity index (χ4v) is 3.70. The fraction of sp³-hybridized carbons (Fsp3) is 0.700. The number of hydrogen-bond acceptors (Lipinski definition) is 1. The summed E-state index contributed by atoms with van der Waals surface area (Å²) in [4.78, 5) is 0. The lowest BCUT2D eigenvalue weighted by Gasteiger charge is -2.36. The van der Waals surface area contributed by atoms with Gasteiger partial charge in [0.15, 0.2) is 0 Å². The molecule has 1 N–H and O–H groups in total. The highest BCUT2D eigenvalue weighted by molar-refractivity contribution is 5.27. The van der Waals surface area contributed by atoms with E-state index >= 15 is 0 Å². The van der Waals surface area contributed by atoms with Crippen molar-refractivity contribution in [3.8, 4) is 0 Å². The van der Waals surface area contributed by atoms with Gasteiger partial charge >= 0.3 is 0 Å². The van der Waals surface area contributed by atoms with Gasteiger partial charge in [0.1, 0.15) is 0 Å². The van der Waals surface area contributed by atoms with E-state index in [4.69, 9.17) is 0 Å². The second kappa shape index (κ2) is 7.98. The van der Waals surface area contributed by atoms with Gasteiger partial charge in [-0.2, -0.15) is 0 Å². The first-order chi connectivity index (χ1) is 10.1. The highest BCUT2D eigenvalue weighted by Crippen LogP contribution is 2.40. The monoisotopic (exact) mass is 287 g/mol. The Balaban J connectivity index is 2.06. The minimum atomic E-state index is 0.745. The SMILES string of the molecule is CCc1cccc(C2CC(C)CCC2CNCC(C)C)c1. The van der Waals surface area contributed by atoms with E-state index in [1.165, 1.54) is 31.4 Å². The summed E-state index contributed by atoms with van der Waals surface area (Å²) in [6.45, 7) is 11.6. The molecule has 1 fully saturated rings. The molecule has 21 heavy (non-hydrogen) atoms. The van der Waals surface area contributed by atoms with Gasteiger partial charge < -0.3 is 5.32 Å². The summed E-state index contributed by atoms with van der Waals surface area (Å²) < 4.78 is 0. The molecule has 0 radical (unpaired) electrons. The fourth-order valence-electron chi connectivity index (χ4n) is 3.70. The molecule has 118 valence electrons. The number of hydrogen-bond donors (Lipinski definition) is 1. The Morgan fingerprint density at radius 1 is 1.24 bits per heavy atom. The Hall–Kier alpha value is -0.820. The van der Waals surface area contributed by atoms with Crippen molar-refractivity contribution in [1.29, 1.82) is 0 Å². The zero-order valence-electron chi connectivity index (χ0n) is 14.4. The van der Waals surface area contributed by atoms with Gasteiger partial charge in [0.2, 0.25) is 0 Å². The first-order valence-corrected chi connectivity index (χ1v) is 8.89. The summed E-state index contributed by atoms with van der Waals surface area (Å²) in [7, 11) is 0. The molecule has 0 aromatic heterocycles. The van der Waals surface area contributed by atoms with E-state index in [2.05, 4.69) is 57.3 Å². The average Bonchev–Trinajstić information content (AvgIpc) is 2.48. The van der Waals surface area contributed by atoms with Crippen LogP contribution in [0.4, 0.5) is 0 Å². The van der Waals surface area contributed by atoms with Crippen LogP contribution in [0.3, 0.4) is 0 Å². The van der Waals surface area contributed by atoms with Gasteiger partial charge in [-0.15, -0.1) is 0 Å². The lowest BCUT2D eigenvalue weighted by Crippen LogP contribution is -2.33. The topological polar surface area (TPSA) is 12.0 Å². The largest absolute Gasteiger partial charge is 0.316 e. The van der Waals surface area contributed by atoms with Crippen molar-refractivity contribution in [1.82, 2.24) is 5.32 Å². The molecule has 0 aliphatic heterocycles. The highest BCUT2D eigenvalue weighted by atomic mass is 14.9. The lowest BCUT2D eigenvalue weighted by atomic mass is 9.71. The molecule has 1 aliphatic rings. The molecule has 1 heteroatoms. The highest BCUT2D eigenvalue weighted by Gasteiger charge is 2.29. The Morgan fingerprint density at radius 2 is 2.05 bits per heavy atom. The molecule has 1 aromatic rings. The number of nitrogens with one attached hydrogen (secondary N) is 1. The summed E-state index contributed by atoms with van der Waals surface area (Å²) in [5.41, 5.74) is 3.07. The lowest BCUT2D eigenvalue weighted by molar-refractivity contribution is 0.240. The predicted molar refractivity (Wildman–Crippen MR) is 92.8 cm³/mol. The van der Waals surface area contributed by atoms with Crippen molar-refractivity contribution in [2.75, 3.05) is 13.1 Å². The van der Waals surface area contributed by atoms with E-state index in [9.17, 15) is 0 Å². The van der Waals surface area contributed by atoms with Crippen molar-refractivity contribution in [2.45, 2.75) is 59.3 Å². The summed E-state index contributed by atoms with van der Waals surface area (Å²) >= 11 is 0. The Bertz CT molecular complexity index is 424. The molecule has 3 unspecified atom stereocenters. The van der Waals surface area contributed by atoms with E-state index in [1.807, 2.05) is 0 Å². The first-order valence-electron chi connectivity index (χ1n) is 8.89. The van der Waals surface area contributed by atoms with Crippen LogP contribution in [0.15, 0.2) is 24.3 Å². The van der Waals surface area contributed by atoms with Crippen molar-refractivity contribution in [2.24, 2.45) is 17.8 Å². The van der Waals surface area contributed by atoms with E-state index < -0.39 is 0 Å². The van der Waals surface area contributed by atoms with Crippen LogP contribution in [0.5, 0.6) is 0 Å². The van der Waals surface area contributed by atoms with Gasteiger partial charge in [-0.1, -0.05) is 58.4 Å². The summed E-state index contributed by atoms with van der Waals surface area (Å²) in [5.74, 6) is 3.18. The molecule has 1 aromatic carbocycles. The van der Waals surface area contributed by atoms with Crippen LogP contribution in [-0.4, -0.2) is 13.1 Å². The molecule has 1 nitrogen and oxygen atoms in total. The van der Waals surface area contributed by atoms with E-state index in [-0.39, 0.29) is 0 Å². The van der Waals surface area contributed by atoms with Crippen LogP contribution in [0.25, 0.3) is 0 Å². The minimum absolute atomic E-state index is 0.745.